The van der Waals surface area contributed by atoms with Gasteiger partial charge in [-0.15, -0.1) is 0 Å². The van der Waals surface area contributed by atoms with Crippen molar-refractivity contribution in [2.75, 3.05) is 41.3 Å². The average Bonchev–Trinajstić information content (AvgIpc) is 2.79. The summed E-state index contributed by atoms with van der Waals surface area (Å²) >= 11 is 6.19. The molecule has 0 saturated carbocycles. The lowest BCUT2D eigenvalue weighted by molar-refractivity contribution is 0.0911. The highest BCUT2D eigenvalue weighted by Gasteiger charge is 2.35. The van der Waals surface area contributed by atoms with Crippen molar-refractivity contribution in [1.82, 2.24) is 9.97 Å². The lowest BCUT2D eigenvalue weighted by atomic mass is 9.75. The third kappa shape index (κ3) is 4.73. The van der Waals surface area contributed by atoms with E-state index in [1.54, 1.807) is 0 Å². The normalized spacial score (nSPS) is 17.5. The summed E-state index contributed by atoms with van der Waals surface area (Å²) in [7, 11) is 0. The fraction of sp³-hybridized carbons (Fsp3) is 0.370. The highest BCUT2D eigenvalue weighted by molar-refractivity contribution is 6.30. The first kappa shape index (κ1) is 22.7. The van der Waals surface area contributed by atoms with Crippen molar-refractivity contribution in [2.45, 2.75) is 33.6 Å². The predicted molar refractivity (Wildman–Crippen MR) is 139 cm³/mol. The van der Waals surface area contributed by atoms with Crippen LogP contribution in [0.25, 0.3) is 0 Å². The van der Waals surface area contributed by atoms with E-state index in [9.17, 15) is 4.79 Å². The number of ketones is 1. The van der Waals surface area contributed by atoms with Gasteiger partial charge in [-0.05, 0) is 49.1 Å². The summed E-state index contributed by atoms with van der Waals surface area (Å²) in [4.78, 5) is 27.5. The van der Waals surface area contributed by atoms with Crippen LogP contribution in [0.15, 0.2) is 48.5 Å². The van der Waals surface area contributed by atoms with Crippen LogP contribution in [0, 0.1) is 12.3 Å². The van der Waals surface area contributed by atoms with Crippen LogP contribution in [0.5, 0.6) is 0 Å². The molecule has 34 heavy (non-hydrogen) atoms. The van der Waals surface area contributed by atoms with Crippen LogP contribution in [0.3, 0.4) is 0 Å². The average molecular weight is 476 g/mol. The number of hydrogen-bond donors (Lipinski definition) is 1. The summed E-state index contributed by atoms with van der Waals surface area (Å²) < 4.78 is 0. The van der Waals surface area contributed by atoms with Gasteiger partial charge >= 0.3 is 0 Å². The Balaban J connectivity index is 1.44. The molecule has 0 bridgehead atoms. The maximum absolute atomic E-state index is 13.1. The first-order chi connectivity index (χ1) is 16.3. The van der Waals surface area contributed by atoms with E-state index >= 15 is 0 Å². The lowest BCUT2D eigenvalue weighted by Gasteiger charge is -2.37. The first-order valence-corrected chi connectivity index (χ1v) is 12.2. The minimum absolute atomic E-state index is 0.109. The Kier molecular flexibility index (Phi) is 5.94. The standard InChI is InChI=1S/C27H30ClN5O/c1-18-7-9-20(10-8-18)29-25-24-22(16-27(2,3)17-23(24)34)30-26(31-25)33-13-11-32(12-14-33)21-6-4-5-19(28)15-21/h4-10,15H,11-14,16-17H2,1-3H3,(H,29,30,31). The number of benzene rings is 2. The molecule has 0 radical (unpaired) electrons. The largest absolute Gasteiger partial charge is 0.368 e. The summed E-state index contributed by atoms with van der Waals surface area (Å²) in [6.45, 7) is 9.62. The number of halogens is 1. The van der Waals surface area contributed by atoms with Crippen molar-refractivity contribution in [2.24, 2.45) is 5.41 Å². The Morgan fingerprint density at radius 2 is 1.65 bits per heavy atom. The summed E-state index contributed by atoms with van der Waals surface area (Å²) in [5, 5.41) is 4.16. The van der Waals surface area contributed by atoms with E-state index in [1.807, 2.05) is 30.3 Å². The molecule has 5 rings (SSSR count). The maximum atomic E-state index is 13.1. The Hall–Kier alpha value is -3.12. The number of hydrogen-bond acceptors (Lipinski definition) is 6. The van der Waals surface area contributed by atoms with E-state index < -0.39 is 0 Å². The Labute approximate surface area is 206 Å². The highest BCUT2D eigenvalue weighted by Crippen LogP contribution is 2.38. The second-order valence-corrected chi connectivity index (χ2v) is 10.5. The molecule has 176 valence electrons. The van der Waals surface area contributed by atoms with Gasteiger partial charge < -0.3 is 15.1 Å². The smallest absolute Gasteiger partial charge is 0.227 e. The topological polar surface area (TPSA) is 61.4 Å². The van der Waals surface area contributed by atoms with Crippen LogP contribution < -0.4 is 15.1 Å². The van der Waals surface area contributed by atoms with Crippen LogP contribution in [0.4, 0.5) is 23.1 Å². The molecule has 6 nitrogen and oxygen atoms in total. The van der Waals surface area contributed by atoms with Crippen molar-refractivity contribution in [3.63, 3.8) is 0 Å². The lowest BCUT2D eigenvalue weighted by Crippen LogP contribution is -2.47. The van der Waals surface area contributed by atoms with E-state index in [1.165, 1.54) is 5.56 Å². The van der Waals surface area contributed by atoms with E-state index in [0.29, 0.717) is 23.8 Å². The van der Waals surface area contributed by atoms with Crippen LogP contribution in [-0.2, 0) is 6.42 Å². The van der Waals surface area contributed by atoms with Gasteiger partial charge in [0.15, 0.2) is 5.78 Å². The Morgan fingerprint density at radius 3 is 2.35 bits per heavy atom. The third-order valence-corrected chi connectivity index (χ3v) is 6.82. The number of rotatable bonds is 4. The molecule has 1 aliphatic carbocycles. The number of fused-ring (bicyclic) bond motifs is 1. The van der Waals surface area contributed by atoms with Crippen molar-refractivity contribution in [3.05, 3.63) is 70.4 Å². The molecule has 7 heteroatoms. The predicted octanol–water partition coefficient (Wildman–Crippen LogP) is 5.66. The minimum Gasteiger partial charge on any atom is -0.368 e. The van der Waals surface area contributed by atoms with E-state index in [2.05, 4.69) is 54.1 Å². The summed E-state index contributed by atoms with van der Waals surface area (Å²) in [6.07, 6.45) is 1.26. The zero-order chi connectivity index (χ0) is 23.9. The van der Waals surface area contributed by atoms with Gasteiger partial charge in [-0.25, -0.2) is 4.98 Å². The Morgan fingerprint density at radius 1 is 0.941 bits per heavy atom. The summed E-state index contributed by atoms with van der Waals surface area (Å²) in [5.74, 6) is 1.41. The van der Waals surface area contributed by atoms with Gasteiger partial charge in [-0.3, -0.25) is 4.79 Å². The summed E-state index contributed by atoms with van der Waals surface area (Å²) in [5.41, 5.74) is 4.61. The van der Waals surface area contributed by atoms with Gasteiger partial charge in [0.05, 0.1) is 11.3 Å². The van der Waals surface area contributed by atoms with E-state index in [-0.39, 0.29) is 11.2 Å². The number of nitrogens with zero attached hydrogens (tertiary/aromatic N) is 4. The van der Waals surface area contributed by atoms with Gasteiger partial charge in [0, 0.05) is 49.0 Å². The number of Topliss-reactive ketones (excluding diaryl/α,β-unsaturated/α-hetero) is 1. The van der Waals surface area contributed by atoms with Crippen molar-refractivity contribution < 1.29 is 4.79 Å². The monoisotopic (exact) mass is 475 g/mol. The van der Waals surface area contributed by atoms with Gasteiger partial charge in [0.1, 0.15) is 5.82 Å². The number of carbonyl (C=O) groups is 1. The SMILES string of the molecule is Cc1ccc(Nc2nc(N3CCN(c4cccc(Cl)c4)CC3)nc3c2C(=O)CC(C)(C)C3)cc1. The molecule has 2 aromatic carbocycles. The molecular formula is C27H30ClN5O. The van der Waals surface area contributed by atoms with Crippen LogP contribution in [0.2, 0.25) is 5.02 Å². The van der Waals surface area contributed by atoms with Gasteiger partial charge in [0.2, 0.25) is 5.95 Å². The van der Waals surface area contributed by atoms with Gasteiger partial charge in [-0.2, -0.15) is 4.98 Å². The molecule has 1 aromatic heterocycles. The molecule has 1 aliphatic heterocycles. The maximum Gasteiger partial charge on any atom is 0.227 e. The number of nitrogens with one attached hydrogen (secondary N) is 1. The van der Waals surface area contributed by atoms with Crippen molar-refractivity contribution in [3.8, 4) is 0 Å². The van der Waals surface area contributed by atoms with Gasteiger partial charge in [-0.1, -0.05) is 49.2 Å². The Bertz CT molecular complexity index is 1220. The zero-order valence-electron chi connectivity index (χ0n) is 19.9. The van der Waals surface area contributed by atoms with Gasteiger partial charge in [0.25, 0.3) is 0 Å². The van der Waals surface area contributed by atoms with Crippen LogP contribution in [-0.4, -0.2) is 41.9 Å². The van der Waals surface area contributed by atoms with E-state index in [0.717, 1.165) is 54.7 Å². The fourth-order valence-electron chi connectivity index (χ4n) is 4.80. The zero-order valence-corrected chi connectivity index (χ0v) is 20.7. The molecule has 1 N–H and O–H groups in total. The summed E-state index contributed by atoms with van der Waals surface area (Å²) in [6, 6.07) is 16.1. The second kappa shape index (κ2) is 8.91. The number of anilines is 4. The highest BCUT2D eigenvalue weighted by atomic mass is 35.5. The van der Waals surface area contributed by atoms with Crippen LogP contribution in [0.1, 0.15) is 41.9 Å². The fourth-order valence-corrected chi connectivity index (χ4v) is 4.98. The molecule has 2 aliphatic rings. The van der Waals surface area contributed by atoms with Crippen LogP contribution >= 0.6 is 11.6 Å². The molecule has 1 saturated heterocycles. The molecular weight excluding hydrogens is 446 g/mol. The van der Waals surface area contributed by atoms with E-state index in [4.69, 9.17) is 21.6 Å². The molecule has 0 amide bonds. The molecule has 0 spiro atoms. The minimum atomic E-state index is -0.109. The van der Waals surface area contributed by atoms with Crippen molar-refractivity contribution >= 4 is 40.5 Å². The second-order valence-electron chi connectivity index (χ2n) is 10.1. The third-order valence-electron chi connectivity index (χ3n) is 6.59. The number of aromatic nitrogens is 2. The molecule has 3 aromatic rings. The molecule has 1 fully saturated rings. The number of carbonyl (C=O) groups excluding carboxylic acids is 1. The number of piperazine rings is 1. The quantitative estimate of drug-likeness (QED) is 0.525. The number of aryl methyl sites for hydroxylation is 1. The molecule has 0 unspecified atom stereocenters. The molecule has 0 atom stereocenters. The first-order valence-electron chi connectivity index (χ1n) is 11.8. The van der Waals surface area contributed by atoms with Crippen molar-refractivity contribution in [1.29, 1.82) is 0 Å². The molecule has 2 heterocycles.